The lowest BCUT2D eigenvalue weighted by atomic mass is 10.2. The molecule has 0 atom stereocenters. The van der Waals surface area contributed by atoms with Crippen molar-refractivity contribution in [2.75, 3.05) is 12.0 Å². The van der Waals surface area contributed by atoms with Crippen molar-refractivity contribution in [3.63, 3.8) is 0 Å². The van der Waals surface area contributed by atoms with Crippen molar-refractivity contribution in [2.45, 2.75) is 6.92 Å². The molecule has 104 valence electrons. The lowest BCUT2D eigenvalue weighted by Gasteiger charge is -2.06. The number of benzene rings is 1. The van der Waals surface area contributed by atoms with Crippen molar-refractivity contribution in [2.24, 2.45) is 5.10 Å². The standard InChI is InChI=1S/C13H13ClN4O2/c1-2-20-11-6-4-3-5-9(11)7-15-17-10-8-16-18-13(19)12(10)14/h3-8H,2H2,1H3,(H2,17,18,19)/b15-7+. The zero-order valence-electron chi connectivity index (χ0n) is 10.8. The number of aromatic nitrogens is 2. The first kappa shape index (κ1) is 14.1. The maximum absolute atomic E-state index is 11.3. The van der Waals surface area contributed by atoms with Crippen LogP contribution >= 0.6 is 11.6 Å². The van der Waals surface area contributed by atoms with Gasteiger partial charge in [-0.05, 0) is 19.1 Å². The summed E-state index contributed by atoms with van der Waals surface area (Å²) < 4.78 is 5.47. The van der Waals surface area contributed by atoms with E-state index in [0.717, 1.165) is 11.3 Å². The van der Waals surface area contributed by atoms with Crippen molar-refractivity contribution in [3.05, 3.63) is 51.4 Å². The zero-order valence-corrected chi connectivity index (χ0v) is 11.5. The predicted molar refractivity (Wildman–Crippen MR) is 78.7 cm³/mol. The van der Waals surface area contributed by atoms with Crippen LogP contribution in [-0.2, 0) is 0 Å². The molecule has 0 saturated carbocycles. The van der Waals surface area contributed by atoms with E-state index in [9.17, 15) is 4.79 Å². The Labute approximate surface area is 120 Å². The fourth-order valence-corrected chi connectivity index (χ4v) is 1.64. The molecule has 2 aromatic rings. The molecule has 0 bridgehead atoms. The van der Waals surface area contributed by atoms with Crippen LogP contribution in [0.2, 0.25) is 5.02 Å². The van der Waals surface area contributed by atoms with Gasteiger partial charge in [0.05, 0.1) is 19.0 Å². The molecule has 0 radical (unpaired) electrons. The highest BCUT2D eigenvalue weighted by Gasteiger charge is 2.03. The second-order valence-corrected chi connectivity index (χ2v) is 4.15. The topological polar surface area (TPSA) is 79.4 Å². The van der Waals surface area contributed by atoms with Crippen molar-refractivity contribution in [1.29, 1.82) is 0 Å². The Kier molecular flexibility index (Phi) is 4.73. The molecule has 20 heavy (non-hydrogen) atoms. The van der Waals surface area contributed by atoms with Gasteiger partial charge in [-0.25, -0.2) is 5.10 Å². The molecule has 2 rings (SSSR count). The number of nitrogens with one attached hydrogen (secondary N) is 2. The number of ether oxygens (including phenoxy) is 1. The van der Waals surface area contributed by atoms with E-state index in [1.165, 1.54) is 6.20 Å². The van der Waals surface area contributed by atoms with Crippen molar-refractivity contribution in [3.8, 4) is 5.75 Å². The Bertz CT molecular complexity index is 669. The van der Waals surface area contributed by atoms with Gasteiger partial charge in [0.15, 0.2) is 0 Å². The van der Waals surface area contributed by atoms with Crippen LogP contribution in [0.3, 0.4) is 0 Å². The minimum atomic E-state index is -0.471. The molecular formula is C13H13ClN4O2. The molecule has 0 spiro atoms. The van der Waals surface area contributed by atoms with Gasteiger partial charge < -0.3 is 4.74 Å². The van der Waals surface area contributed by atoms with Crippen LogP contribution in [-0.4, -0.2) is 23.0 Å². The van der Waals surface area contributed by atoms with Crippen LogP contribution in [0.1, 0.15) is 12.5 Å². The van der Waals surface area contributed by atoms with Crippen LogP contribution in [0.15, 0.2) is 40.4 Å². The van der Waals surface area contributed by atoms with Gasteiger partial charge in [-0.15, -0.1) is 0 Å². The third-order valence-corrected chi connectivity index (χ3v) is 2.78. The number of nitrogens with zero attached hydrogens (tertiary/aromatic N) is 2. The molecule has 1 aromatic carbocycles. The van der Waals surface area contributed by atoms with Gasteiger partial charge in [0.1, 0.15) is 16.5 Å². The molecule has 6 nitrogen and oxygen atoms in total. The monoisotopic (exact) mass is 292 g/mol. The number of hydrogen-bond acceptors (Lipinski definition) is 5. The Balaban J connectivity index is 2.14. The minimum absolute atomic E-state index is 0.00948. The van der Waals surface area contributed by atoms with Crippen LogP contribution in [0, 0.1) is 0 Å². The summed E-state index contributed by atoms with van der Waals surface area (Å²) in [5.41, 5.74) is 3.35. The average molecular weight is 293 g/mol. The number of rotatable bonds is 5. The summed E-state index contributed by atoms with van der Waals surface area (Å²) in [6.07, 6.45) is 2.97. The minimum Gasteiger partial charge on any atom is -0.493 e. The molecule has 0 aliphatic heterocycles. The van der Waals surface area contributed by atoms with E-state index in [1.807, 2.05) is 31.2 Å². The first-order chi connectivity index (χ1) is 9.72. The number of H-pyrrole nitrogens is 1. The third kappa shape index (κ3) is 3.36. The van der Waals surface area contributed by atoms with Gasteiger partial charge in [-0.2, -0.15) is 10.2 Å². The van der Waals surface area contributed by atoms with Gasteiger partial charge >= 0.3 is 0 Å². The van der Waals surface area contributed by atoms with Crippen LogP contribution in [0.25, 0.3) is 0 Å². The molecule has 0 fully saturated rings. The molecule has 0 saturated heterocycles. The van der Waals surface area contributed by atoms with Crippen LogP contribution < -0.4 is 15.7 Å². The number of aromatic amines is 1. The quantitative estimate of drug-likeness (QED) is 0.654. The highest BCUT2D eigenvalue weighted by atomic mass is 35.5. The summed E-state index contributed by atoms with van der Waals surface area (Å²) in [7, 11) is 0. The predicted octanol–water partition coefficient (Wildman–Crippen LogP) is 2.27. The highest BCUT2D eigenvalue weighted by Crippen LogP contribution is 2.17. The first-order valence-electron chi connectivity index (χ1n) is 5.96. The Morgan fingerprint density at radius 2 is 2.30 bits per heavy atom. The summed E-state index contributed by atoms with van der Waals surface area (Å²) >= 11 is 5.81. The normalized spacial score (nSPS) is 10.7. The van der Waals surface area contributed by atoms with Gasteiger partial charge in [0.2, 0.25) is 0 Å². The van der Waals surface area contributed by atoms with E-state index >= 15 is 0 Å². The summed E-state index contributed by atoms with van der Waals surface area (Å²) in [5, 5.41) is 9.89. The van der Waals surface area contributed by atoms with Crippen LogP contribution in [0.4, 0.5) is 5.69 Å². The molecule has 1 aromatic heterocycles. The molecule has 1 heterocycles. The lowest BCUT2D eigenvalue weighted by Crippen LogP contribution is -2.10. The zero-order chi connectivity index (χ0) is 14.4. The summed E-state index contributed by atoms with van der Waals surface area (Å²) in [6, 6.07) is 7.49. The van der Waals surface area contributed by atoms with Crippen LogP contribution in [0.5, 0.6) is 5.75 Å². The average Bonchev–Trinajstić information content (AvgIpc) is 2.45. The summed E-state index contributed by atoms with van der Waals surface area (Å²) in [4.78, 5) is 11.3. The van der Waals surface area contributed by atoms with E-state index in [1.54, 1.807) is 6.21 Å². The fourth-order valence-electron chi connectivity index (χ4n) is 1.51. The van der Waals surface area contributed by atoms with E-state index in [-0.39, 0.29) is 5.02 Å². The molecule has 2 N–H and O–H groups in total. The molecule has 0 unspecified atom stereocenters. The van der Waals surface area contributed by atoms with Crippen molar-refractivity contribution in [1.82, 2.24) is 10.2 Å². The van der Waals surface area contributed by atoms with E-state index in [2.05, 4.69) is 20.7 Å². The van der Waals surface area contributed by atoms with E-state index in [4.69, 9.17) is 16.3 Å². The SMILES string of the molecule is CCOc1ccccc1/C=N/Nc1cn[nH]c(=O)c1Cl. The summed E-state index contributed by atoms with van der Waals surface area (Å²) in [6.45, 7) is 2.48. The number of hydrazone groups is 1. The van der Waals surface area contributed by atoms with Crippen molar-refractivity contribution < 1.29 is 4.74 Å². The fraction of sp³-hybridized carbons (Fsp3) is 0.154. The lowest BCUT2D eigenvalue weighted by molar-refractivity contribution is 0.340. The van der Waals surface area contributed by atoms with E-state index < -0.39 is 5.56 Å². The Morgan fingerprint density at radius 1 is 1.50 bits per heavy atom. The maximum Gasteiger partial charge on any atom is 0.285 e. The van der Waals surface area contributed by atoms with Gasteiger partial charge in [0.25, 0.3) is 5.56 Å². The summed E-state index contributed by atoms with van der Waals surface area (Å²) in [5.74, 6) is 0.732. The van der Waals surface area contributed by atoms with Gasteiger partial charge in [-0.1, -0.05) is 23.7 Å². The number of hydrogen-bond donors (Lipinski definition) is 2. The van der Waals surface area contributed by atoms with Crippen molar-refractivity contribution >= 4 is 23.5 Å². The first-order valence-corrected chi connectivity index (χ1v) is 6.34. The smallest absolute Gasteiger partial charge is 0.285 e. The van der Waals surface area contributed by atoms with E-state index in [0.29, 0.717) is 12.3 Å². The molecule has 0 amide bonds. The largest absolute Gasteiger partial charge is 0.493 e. The second kappa shape index (κ2) is 6.72. The molecule has 7 heteroatoms. The molecular weight excluding hydrogens is 280 g/mol. The Morgan fingerprint density at radius 3 is 3.10 bits per heavy atom. The molecule has 0 aliphatic rings. The number of para-hydroxylation sites is 1. The number of halogens is 1. The number of anilines is 1. The highest BCUT2D eigenvalue weighted by molar-refractivity contribution is 6.32. The maximum atomic E-state index is 11.3. The Hall–Kier alpha value is -2.34. The second-order valence-electron chi connectivity index (χ2n) is 3.77. The molecule has 0 aliphatic carbocycles. The van der Waals surface area contributed by atoms with Gasteiger partial charge in [0, 0.05) is 5.56 Å². The van der Waals surface area contributed by atoms with Gasteiger partial charge in [-0.3, -0.25) is 10.2 Å². The third-order valence-electron chi connectivity index (χ3n) is 2.40.